The summed E-state index contributed by atoms with van der Waals surface area (Å²) in [5.41, 5.74) is 6.50. The average molecular weight is 183 g/mol. The molecule has 1 rings (SSSR count). The van der Waals surface area contributed by atoms with Crippen LogP contribution in [0.1, 0.15) is 5.56 Å². The van der Waals surface area contributed by atoms with Gasteiger partial charge < -0.3 is 10.5 Å². The van der Waals surface area contributed by atoms with Gasteiger partial charge in [0.1, 0.15) is 12.4 Å². The summed E-state index contributed by atoms with van der Waals surface area (Å²) in [6.45, 7) is -0.480. The van der Waals surface area contributed by atoms with Gasteiger partial charge in [-0.25, -0.2) is 4.39 Å². The van der Waals surface area contributed by atoms with Crippen molar-refractivity contribution in [2.24, 2.45) is 5.73 Å². The third kappa shape index (κ3) is 3.03. The molecule has 0 saturated heterocycles. The lowest BCUT2D eigenvalue weighted by Gasteiger charge is -2.07. The summed E-state index contributed by atoms with van der Waals surface area (Å²) in [6.07, 6.45) is 0.570. The van der Waals surface area contributed by atoms with Crippen LogP contribution in [0, 0.1) is 0 Å². The molecule has 0 amide bonds. The molecule has 13 heavy (non-hydrogen) atoms. The monoisotopic (exact) mass is 183 g/mol. The highest BCUT2D eigenvalue weighted by Crippen LogP contribution is 2.12. The molecule has 0 aliphatic rings. The standard InChI is InChI=1S/C10H14FNO/c1-13-10-4-2-8(3-5-10)6-9(12)7-11/h2-5,9H,6-7,12H2,1H3. The van der Waals surface area contributed by atoms with E-state index in [-0.39, 0.29) is 0 Å². The fourth-order valence-corrected chi connectivity index (χ4v) is 1.12. The van der Waals surface area contributed by atoms with Crippen LogP contribution in [0.25, 0.3) is 0 Å². The Bertz CT molecular complexity index is 248. The first-order valence-corrected chi connectivity index (χ1v) is 4.20. The molecule has 0 saturated carbocycles. The van der Waals surface area contributed by atoms with E-state index in [0.717, 1.165) is 11.3 Å². The maximum Gasteiger partial charge on any atom is 0.118 e. The van der Waals surface area contributed by atoms with Crippen LogP contribution in [0.3, 0.4) is 0 Å². The fraction of sp³-hybridized carbons (Fsp3) is 0.400. The van der Waals surface area contributed by atoms with Gasteiger partial charge in [-0.3, -0.25) is 0 Å². The molecule has 3 heteroatoms. The molecule has 0 bridgehead atoms. The summed E-state index contributed by atoms with van der Waals surface area (Å²) in [7, 11) is 1.61. The van der Waals surface area contributed by atoms with E-state index in [1.165, 1.54) is 0 Å². The van der Waals surface area contributed by atoms with Crippen LogP contribution in [0.2, 0.25) is 0 Å². The topological polar surface area (TPSA) is 35.2 Å². The first kappa shape index (κ1) is 9.99. The third-order valence-electron chi connectivity index (χ3n) is 1.86. The van der Waals surface area contributed by atoms with Gasteiger partial charge in [0.25, 0.3) is 0 Å². The van der Waals surface area contributed by atoms with Crippen molar-refractivity contribution < 1.29 is 9.13 Å². The predicted molar refractivity (Wildman–Crippen MR) is 50.6 cm³/mol. The molecule has 2 nitrogen and oxygen atoms in total. The Morgan fingerprint density at radius 3 is 2.46 bits per heavy atom. The van der Waals surface area contributed by atoms with E-state index in [1.807, 2.05) is 24.3 Å². The molecule has 1 atom stereocenters. The van der Waals surface area contributed by atoms with Crippen molar-refractivity contribution in [1.29, 1.82) is 0 Å². The maximum absolute atomic E-state index is 12.1. The summed E-state index contributed by atoms with van der Waals surface area (Å²) in [4.78, 5) is 0. The van der Waals surface area contributed by atoms with E-state index in [0.29, 0.717) is 6.42 Å². The van der Waals surface area contributed by atoms with Gasteiger partial charge in [-0.1, -0.05) is 12.1 Å². The van der Waals surface area contributed by atoms with Gasteiger partial charge in [-0.05, 0) is 24.1 Å². The summed E-state index contributed by atoms with van der Waals surface area (Å²) in [6, 6.07) is 7.09. The molecule has 0 aliphatic carbocycles. The van der Waals surface area contributed by atoms with E-state index in [4.69, 9.17) is 10.5 Å². The Kier molecular flexibility index (Phi) is 3.71. The molecule has 72 valence electrons. The van der Waals surface area contributed by atoms with Crippen LogP contribution in [0.4, 0.5) is 4.39 Å². The second-order valence-corrected chi connectivity index (χ2v) is 2.97. The molecular weight excluding hydrogens is 169 g/mol. The zero-order chi connectivity index (χ0) is 9.68. The van der Waals surface area contributed by atoms with Crippen LogP contribution >= 0.6 is 0 Å². The van der Waals surface area contributed by atoms with Gasteiger partial charge in [0, 0.05) is 6.04 Å². The molecule has 1 aromatic carbocycles. The zero-order valence-electron chi connectivity index (χ0n) is 7.66. The first-order chi connectivity index (χ1) is 6.26. The molecule has 0 heterocycles. The van der Waals surface area contributed by atoms with E-state index in [2.05, 4.69) is 0 Å². The Balaban J connectivity index is 2.58. The Morgan fingerprint density at radius 1 is 1.38 bits per heavy atom. The number of alkyl halides is 1. The van der Waals surface area contributed by atoms with Crippen LogP contribution < -0.4 is 10.5 Å². The second kappa shape index (κ2) is 4.82. The fourth-order valence-electron chi connectivity index (χ4n) is 1.12. The number of ether oxygens (including phenoxy) is 1. The summed E-state index contributed by atoms with van der Waals surface area (Å²) < 4.78 is 17.1. The minimum atomic E-state index is -0.480. The average Bonchev–Trinajstić information content (AvgIpc) is 2.19. The highest BCUT2D eigenvalue weighted by molar-refractivity contribution is 5.27. The summed E-state index contributed by atoms with van der Waals surface area (Å²) in [5, 5.41) is 0. The van der Waals surface area contributed by atoms with Crippen molar-refractivity contribution in [1.82, 2.24) is 0 Å². The number of methoxy groups -OCH3 is 1. The molecule has 0 fully saturated rings. The largest absolute Gasteiger partial charge is 0.497 e. The Morgan fingerprint density at radius 2 is 2.00 bits per heavy atom. The SMILES string of the molecule is COc1ccc(CC(N)CF)cc1. The van der Waals surface area contributed by atoms with Crippen LogP contribution in [-0.2, 0) is 6.42 Å². The smallest absolute Gasteiger partial charge is 0.118 e. The van der Waals surface area contributed by atoms with E-state index >= 15 is 0 Å². The third-order valence-corrected chi connectivity index (χ3v) is 1.86. The van der Waals surface area contributed by atoms with Crippen molar-refractivity contribution >= 4 is 0 Å². The van der Waals surface area contributed by atoms with Gasteiger partial charge in [-0.2, -0.15) is 0 Å². The van der Waals surface area contributed by atoms with Crippen molar-refractivity contribution in [3.05, 3.63) is 29.8 Å². The van der Waals surface area contributed by atoms with E-state index in [1.54, 1.807) is 7.11 Å². The lowest BCUT2D eigenvalue weighted by molar-refractivity contribution is 0.413. The molecule has 1 aromatic rings. The van der Waals surface area contributed by atoms with Gasteiger partial charge in [0.05, 0.1) is 7.11 Å². The number of nitrogens with two attached hydrogens (primary N) is 1. The number of hydrogen-bond acceptors (Lipinski definition) is 2. The van der Waals surface area contributed by atoms with Gasteiger partial charge in [0.2, 0.25) is 0 Å². The lowest BCUT2D eigenvalue weighted by atomic mass is 10.1. The van der Waals surface area contributed by atoms with Gasteiger partial charge in [0.15, 0.2) is 0 Å². The molecule has 2 N–H and O–H groups in total. The van der Waals surface area contributed by atoms with Crippen molar-refractivity contribution in [3.63, 3.8) is 0 Å². The molecule has 0 aliphatic heterocycles. The quantitative estimate of drug-likeness (QED) is 0.768. The molecule has 0 aromatic heterocycles. The lowest BCUT2D eigenvalue weighted by Crippen LogP contribution is -2.24. The van der Waals surface area contributed by atoms with Gasteiger partial charge >= 0.3 is 0 Å². The molecular formula is C10H14FNO. The molecule has 1 unspecified atom stereocenters. The predicted octanol–water partition coefficient (Wildman–Crippen LogP) is 1.53. The second-order valence-electron chi connectivity index (χ2n) is 2.97. The minimum Gasteiger partial charge on any atom is -0.497 e. The van der Waals surface area contributed by atoms with Crippen LogP contribution in [0.5, 0.6) is 5.75 Å². The van der Waals surface area contributed by atoms with Crippen molar-refractivity contribution in [2.75, 3.05) is 13.8 Å². The highest BCUT2D eigenvalue weighted by atomic mass is 19.1. The van der Waals surface area contributed by atoms with Crippen molar-refractivity contribution in [2.45, 2.75) is 12.5 Å². The van der Waals surface area contributed by atoms with Crippen molar-refractivity contribution in [3.8, 4) is 5.75 Å². The number of rotatable bonds is 4. The van der Waals surface area contributed by atoms with Crippen LogP contribution in [-0.4, -0.2) is 19.8 Å². The van der Waals surface area contributed by atoms with E-state index in [9.17, 15) is 4.39 Å². The highest BCUT2D eigenvalue weighted by Gasteiger charge is 2.02. The Hall–Kier alpha value is -1.09. The van der Waals surface area contributed by atoms with Gasteiger partial charge in [-0.15, -0.1) is 0 Å². The Labute approximate surface area is 77.5 Å². The van der Waals surface area contributed by atoms with Crippen LogP contribution in [0.15, 0.2) is 24.3 Å². The maximum atomic E-state index is 12.1. The summed E-state index contributed by atoms with van der Waals surface area (Å²) >= 11 is 0. The normalized spacial score (nSPS) is 12.5. The number of halogens is 1. The zero-order valence-corrected chi connectivity index (χ0v) is 7.66. The van der Waals surface area contributed by atoms with E-state index < -0.39 is 12.7 Å². The molecule has 0 radical (unpaired) electrons. The summed E-state index contributed by atoms with van der Waals surface area (Å²) in [5.74, 6) is 0.803. The molecule has 0 spiro atoms. The number of benzene rings is 1. The minimum absolute atomic E-state index is 0.395. The first-order valence-electron chi connectivity index (χ1n) is 4.20. The number of hydrogen-bond donors (Lipinski definition) is 1.